The van der Waals surface area contributed by atoms with E-state index in [1.165, 1.54) is 19.6 Å². The second-order valence-corrected chi connectivity index (χ2v) is 5.16. The maximum atomic E-state index is 12.5. The molecule has 2 N–H and O–H groups in total. The fourth-order valence-electron chi connectivity index (χ4n) is 2.40. The Kier molecular flexibility index (Phi) is 5.16. The number of aromatic nitrogens is 3. The summed E-state index contributed by atoms with van der Waals surface area (Å²) in [5.41, 5.74) is 1.88. The van der Waals surface area contributed by atoms with Crippen molar-refractivity contribution in [2.75, 3.05) is 12.4 Å². The van der Waals surface area contributed by atoms with Gasteiger partial charge in [0.2, 0.25) is 0 Å². The number of hydrogen-bond acceptors (Lipinski definition) is 5. The first-order valence-corrected chi connectivity index (χ1v) is 7.64. The zero-order chi connectivity index (χ0) is 17.5. The minimum Gasteiger partial charge on any atom is -0.491 e. The number of pyridine rings is 1. The molecule has 0 aliphatic rings. The smallest absolute Gasteiger partial charge is 0.321 e. The van der Waals surface area contributed by atoms with Gasteiger partial charge in [0.1, 0.15) is 6.33 Å². The van der Waals surface area contributed by atoms with Gasteiger partial charge in [-0.2, -0.15) is 0 Å². The van der Waals surface area contributed by atoms with Crippen molar-refractivity contribution >= 4 is 11.8 Å². The average molecular weight is 335 g/mol. The quantitative estimate of drug-likeness (QED) is 0.748. The van der Waals surface area contributed by atoms with E-state index in [0.29, 0.717) is 11.6 Å². The van der Waals surface area contributed by atoms with E-state index in [1.807, 2.05) is 42.5 Å². The Hall–Kier alpha value is -3.48. The summed E-state index contributed by atoms with van der Waals surface area (Å²) in [6, 6.07) is 12.7. The number of carbonyl (C=O) groups excluding carboxylic acids is 1. The Morgan fingerprint density at radius 2 is 1.76 bits per heavy atom. The van der Waals surface area contributed by atoms with Gasteiger partial charge in [-0.3, -0.25) is 10.3 Å². The topological polar surface area (TPSA) is 89.0 Å². The molecule has 7 nitrogen and oxygen atoms in total. The molecule has 0 unspecified atom stereocenters. The average Bonchev–Trinajstić information content (AvgIpc) is 2.68. The maximum Gasteiger partial charge on any atom is 0.321 e. The van der Waals surface area contributed by atoms with Gasteiger partial charge in [-0.1, -0.05) is 30.3 Å². The van der Waals surface area contributed by atoms with Gasteiger partial charge in [0, 0.05) is 12.4 Å². The first-order chi connectivity index (χ1) is 12.3. The van der Waals surface area contributed by atoms with E-state index in [4.69, 9.17) is 4.74 Å². The minimum atomic E-state index is -0.400. The lowest BCUT2D eigenvalue weighted by molar-refractivity contribution is 0.250. The molecule has 126 valence electrons. The SMILES string of the molecule is COc1cncnc1NC(=O)N[C@@H](c1ccccc1)c1ccncc1. The fraction of sp³-hybridized carbons (Fsp3) is 0.111. The van der Waals surface area contributed by atoms with Gasteiger partial charge in [0.15, 0.2) is 11.6 Å². The Balaban J connectivity index is 1.82. The van der Waals surface area contributed by atoms with Crippen LogP contribution in [0, 0.1) is 0 Å². The van der Waals surface area contributed by atoms with Gasteiger partial charge in [-0.25, -0.2) is 14.8 Å². The van der Waals surface area contributed by atoms with Gasteiger partial charge in [-0.15, -0.1) is 0 Å². The Morgan fingerprint density at radius 1 is 1.04 bits per heavy atom. The summed E-state index contributed by atoms with van der Waals surface area (Å²) in [4.78, 5) is 24.4. The molecule has 0 saturated heterocycles. The summed E-state index contributed by atoms with van der Waals surface area (Å²) in [6.45, 7) is 0. The van der Waals surface area contributed by atoms with E-state index in [1.54, 1.807) is 12.4 Å². The molecule has 2 aromatic heterocycles. The summed E-state index contributed by atoms with van der Waals surface area (Å²) < 4.78 is 5.14. The largest absolute Gasteiger partial charge is 0.491 e. The lowest BCUT2D eigenvalue weighted by Gasteiger charge is -2.20. The number of rotatable bonds is 5. The first kappa shape index (κ1) is 16.4. The van der Waals surface area contributed by atoms with Crippen molar-refractivity contribution in [1.29, 1.82) is 0 Å². The van der Waals surface area contributed by atoms with Gasteiger partial charge in [0.25, 0.3) is 0 Å². The molecule has 1 aromatic carbocycles. The number of anilines is 1. The van der Waals surface area contributed by atoms with Crippen LogP contribution in [0.25, 0.3) is 0 Å². The van der Waals surface area contributed by atoms with E-state index < -0.39 is 6.03 Å². The van der Waals surface area contributed by atoms with Crippen LogP contribution in [-0.2, 0) is 0 Å². The second kappa shape index (κ2) is 7.87. The molecule has 0 bridgehead atoms. The molecule has 0 radical (unpaired) electrons. The number of ether oxygens (including phenoxy) is 1. The predicted molar refractivity (Wildman–Crippen MR) is 93.3 cm³/mol. The van der Waals surface area contributed by atoms with Crippen LogP contribution in [0.5, 0.6) is 5.75 Å². The molecular weight excluding hydrogens is 318 g/mol. The summed E-state index contributed by atoms with van der Waals surface area (Å²) >= 11 is 0. The van der Waals surface area contributed by atoms with Gasteiger partial charge >= 0.3 is 6.03 Å². The van der Waals surface area contributed by atoms with Crippen LogP contribution in [-0.4, -0.2) is 28.1 Å². The van der Waals surface area contributed by atoms with Crippen LogP contribution in [0.4, 0.5) is 10.6 Å². The molecule has 0 fully saturated rings. The molecule has 0 spiro atoms. The molecule has 3 aromatic rings. The van der Waals surface area contributed by atoms with Gasteiger partial charge < -0.3 is 10.1 Å². The summed E-state index contributed by atoms with van der Waals surface area (Å²) in [5, 5.41) is 5.65. The van der Waals surface area contributed by atoms with Crippen molar-refractivity contribution < 1.29 is 9.53 Å². The fourth-order valence-corrected chi connectivity index (χ4v) is 2.40. The third kappa shape index (κ3) is 4.08. The number of urea groups is 1. The van der Waals surface area contributed by atoms with Crippen molar-refractivity contribution in [3.63, 3.8) is 0 Å². The molecule has 0 saturated carbocycles. The van der Waals surface area contributed by atoms with Crippen molar-refractivity contribution in [1.82, 2.24) is 20.3 Å². The van der Waals surface area contributed by atoms with Gasteiger partial charge in [-0.05, 0) is 23.3 Å². The van der Waals surface area contributed by atoms with E-state index >= 15 is 0 Å². The highest BCUT2D eigenvalue weighted by atomic mass is 16.5. The predicted octanol–water partition coefficient (Wildman–Crippen LogP) is 2.79. The molecule has 1 atom stereocenters. The molecule has 2 amide bonds. The summed E-state index contributed by atoms with van der Waals surface area (Å²) in [5.74, 6) is 0.689. The minimum absolute atomic E-state index is 0.302. The van der Waals surface area contributed by atoms with E-state index in [9.17, 15) is 4.79 Å². The van der Waals surface area contributed by atoms with Crippen LogP contribution >= 0.6 is 0 Å². The highest BCUT2D eigenvalue weighted by Gasteiger charge is 2.18. The number of benzene rings is 1. The molecule has 0 aliphatic carbocycles. The molecular formula is C18H17N5O2. The van der Waals surface area contributed by atoms with Crippen LogP contribution in [0.3, 0.4) is 0 Å². The molecule has 0 aliphatic heterocycles. The lowest BCUT2D eigenvalue weighted by Crippen LogP contribution is -2.33. The molecule has 7 heteroatoms. The number of nitrogens with one attached hydrogen (secondary N) is 2. The van der Waals surface area contributed by atoms with Crippen LogP contribution in [0.1, 0.15) is 17.2 Å². The van der Waals surface area contributed by atoms with Crippen molar-refractivity contribution in [2.24, 2.45) is 0 Å². The van der Waals surface area contributed by atoms with Crippen LogP contribution in [0.15, 0.2) is 67.4 Å². The number of nitrogens with zero attached hydrogens (tertiary/aromatic N) is 3. The first-order valence-electron chi connectivity index (χ1n) is 7.64. The van der Waals surface area contributed by atoms with Crippen molar-refractivity contribution in [3.05, 3.63) is 78.5 Å². The van der Waals surface area contributed by atoms with Crippen molar-refractivity contribution in [2.45, 2.75) is 6.04 Å². The monoisotopic (exact) mass is 335 g/mol. The maximum absolute atomic E-state index is 12.5. The highest BCUT2D eigenvalue weighted by Crippen LogP contribution is 2.22. The molecule has 3 rings (SSSR count). The lowest BCUT2D eigenvalue weighted by atomic mass is 10.00. The number of hydrogen-bond donors (Lipinski definition) is 2. The summed E-state index contributed by atoms with van der Waals surface area (Å²) in [6.07, 6.45) is 6.21. The third-order valence-corrected chi connectivity index (χ3v) is 3.58. The number of amides is 2. The van der Waals surface area contributed by atoms with E-state index in [-0.39, 0.29) is 6.04 Å². The summed E-state index contributed by atoms with van der Waals surface area (Å²) in [7, 11) is 1.49. The zero-order valence-corrected chi connectivity index (χ0v) is 13.6. The van der Waals surface area contributed by atoms with Gasteiger partial charge in [0.05, 0.1) is 19.3 Å². The zero-order valence-electron chi connectivity index (χ0n) is 13.6. The Bertz CT molecular complexity index is 788. The van der Waals surface area contributed by atoms with Crippen molar-refractivity contribution in [3.8, 4) is 5.75 Å². The standard InChI is InChI=1S/C18H17N5O2/c1-25-15-11-20-12-21-17(15)23-18(24)22-16(13-5-3-2-4-6-13)14-7-9-19-10-8-14/h2-12,16H,1H3,(H2,20,21,22,23,24)/t16-/m0/s1. The Morgan fingerprint density at radius 3 is 2.48 bits per heavy atom. The highest BCUT2D eigenvalue weighted by molar-refractivity contribution is 5.90. The van der Waals surface area contributed by atoms with E-state index in [2.05, 4.69) is 25.6 Å². The molecule has 25 heavy (non-hydrogen) atoms. The number of carbonyl (C=O) groups is 1. The number of methoxy groups -OCH3 is 1. The van der Waals surface area contributed by atoms with Crippen LogP contribution in [0.2, 0.25) is 0 Å². The van der Waals surface area contributed by atoms with E-state index in [0.717, 1.165) is 11.1 Å². The van der Waals surface area contributed by atoms with Crippen LogP contribution < -0.4 is 15.4 Å². The Labute approximate surface area is 145 Å². The molecule has 2 heterocycles. The normalized spacial score (nSPS) is 11.4. The second-order valence-electron chi connectivity index (χ2n) is 5.16. The third-order valence-electron chi connectivity index (χ3n) is 3.58.